The van der Waals surface area contributed by atoms with Gasteiger partial charge in [0.15, 0.2) is 11.2 Å². The first kappa shape index (κ1) is 14.5. The van der Waals surface area contributed by atoms with Crippen LogP contribution in [-0.4, -0.2) is 39.2 Å². The first-order valence-corrected chi connectivity index (χ1v) is 6.56. The van der Waals surface area contributed by atoms with Crippen LogP contribution in [0.3, 0.4) is 0 Å². The first-order chi connectivity index (χ1) is 9.58. The van der Waals surface area contributed by atoms with E-state index in [-0.39, 0.29) is 17.9 Å². The molecule has 0 bridgehead atoms. The van der Waals surface area contributed by atoms with Crippen molar-refractivity contribution in [2.45, 2.75) is 25.8 Å². The second-order valence-electron chi connectivity index (χ2n) is 4.03. The summed E-state index contributed by atoms with van der Waals surface area (Å²) < 4.78 is 11.7. The Balaban J connectivity index is 2.54. The van der Waals surface area contributed by atoms with Gasteiger partial charge < -0.3 is 9.47 Å². The van der Waals surface area contributed by atoms with E-state index < -0.39 is 0 Å². The predicted molar refractivity (Wildman–Crippen MR) is 72.8 cm³/mol. The molecule has 7 nitrogen and oxygen atoms in total. The SMILES string of the molecule is CCOC(=O)Cn1c(C(C)Cl)nc2c(OC)ncnc21. The number of carbonyl (C=O) groups excluding carboxylic acids is 1. The van der Waals surface area contributed by atoms with Gasteiger partial charge in [-0.2, -0.15) is 4.98 Å². The fourth-order valence-electron chi connectivity index (χ4n) is 1.88. The van der Waals surface area contributed by atoms with Crippen LogP contribution in [-0.2, 0) is 16.1 Å². The number of methoxy groups -OCH3 is 1. The van der Waals surface area contributed by atoms with Crippen LogP contribution in [0.15, 0.2) is 6.33 Å². The maximum Gasteiger partial charge on any atom is 0.326 e. The Morgan fingerprint density at radius 2 is 2.25 bits per heavy atom. The molecule has 108 valence electrons. The number of fused-ring (bicyclic) bond motifs is 1. The zero-order valence-corrected chi connectivity index (χ0v) is 12.2. The minimum atomic E-state index is -0.386. The molecular weight excluding hydrogens is 284 g/mol. The number of aromatic nitrogens is 4. The molecular formula is C12H15ClN4O3. The average molecular weight is 299 g/mol. The van der Waals surface area contributed by atoms with Crippen molar-refractivity contribution in [3.05, 3.63) is 12.2 Å². The standard InChI is InChI=1S/C12H15ClN4O3/c1-4-20-8(18)5-17-10(7(2)13)16-9-11(17)14-6-15-12(9)19-3/h6-7H,4-5H2,1-3H3. The topological polar surface area (TPSA) is 79.1 Å². The maximum atomic E-state index is 11.7. The van der Waals surface area contributed by atoms with Crippen molar-refractivity contribution >= 4 is 28.7 Å². The lowest BCUT2D eigenvalue weighted by molar-refractivity contribution is -0.143. The molecule has 0 N–H and O–H groups in total. The number of esters is 1. The molecule has 0 aliphatic heterocycles. The highest BCUT2D eigenvalue weighted by molar-refractivity contribution is 6.20. The second kappa shape index (κ2) is 6.04. The van der Waals surface area contributed by atoms with Crippen molar-refractivity contribution in [1.29, 1.82) is 0 Å². The van der Waals surface area contributed by atoms with Crippen molar-refractivity contribution in [2.24, 2.45) is 0 Å². The Kier molecular flexibility index (Phi) is 4.39. The number of halogens is 1. The van der Waals surface area contributed by atoms with Gasteiger partial charge in [-0.1, -0.05) is 0 Å². The smallest absolute Gasteiger partial charge is 0.326 e. The first-order valence-electron chi connectivity index (χ1n) is 6.13. The van der Waals surface area contributed by atoms with Crippen molar-refractivity contribution in [3.63, 3.8) is 0 Å². The molecule has 0 fully saturated rings. The number of alkyl halides is 1. The summed E-state index contributed by atoms with van der Waals surface area (Å²) in [6.07, 6.45) is 1.35. The number of ether oxygens (including phenoxy) is 2. The van der Waals surface area contributed by atoms with E-state index in [1.807, 2.05) is 0 Å². The Morgan fingerprint density at radius 1 is 1.50 bits per heavy atom. The van der Waals surface area contributed by atoms with E-state index >= 15 is 0 Å². The third kappa shape index (κ3) is 2.67. The molecule has 2 aromatic heterocycles. The zero-order valence-electron chi connectivity index (χ0n) is 11.5. The highest BCUT2D eigenvalue weighted by Crippen LogP contribution is 2.27. The van der Waals surface area contributed by atoms with E-state index in [0.717, 1.165) is 0 Å². The lowest BCUT2D eigenvalue weighted by Gasteiger charge is -2.08. The number of carbonyl (C=O) groups is 1. The number of imidazole rings is 1. The minimum absolute atomic E-state index is 0.00307. The summed E-state index contributed by atoms with van der Waals surface area (Å²) in [6.45, 7) is 3.83. The molecule has 20 heavy (non-hydrogen) atoms. The molecule has 1 atom stereocenters. The lowest BCUT2D eigenvalue weighted by Crippen LogP contribution is -2.16. The molecule has 0 spiro atoms. The van der Waals surface area contributed by atoms with E-state index in [4.69, 9.17) is 21.1 Å². The van der Waals surface area contributed by atoms with Gasteiger partial charge in [0.1, 0.15) is 18.7 Å². The van der Waals surface area contributed by atoms with Crippen molar-refractivity contribution in [2.75, 3.05) is 13.7 Å². The molecule has 0 amide bonds. The van der Waals surface area contributed by atoms with Gasteiger partial charge in [-0.15, -0.1) is 11.6 Å². The van der Waals surface area contributed by atoms with Crippen LogP contribution in [0.2, 0.25) is 0 Å². The summed E-state index contributed by atoms with van der Waals surface area (Å²) in [6, 6.07) is 0. The molecule has 8 heteroatoms. The van der Waals surface area contributed by atoms with Gasteiger partial charge >= 0.3 is 5.97 Å². The lowest BCUT2D eigenvalue weighted by atomic mass is 10.4. The highest BCUT2D eigenvalue weighted by Gasteiger charge is 2.21. The number of hydrogen-bond acceptors (Lipinski definition) is 6. The van der Waals surface area contributed by atoms with Crippen LogP contribution in [0.5, 0.6) is 5.88 Å². The normalized spacial score (nSPS) is 12.4. The summed E-state index contributed by atoms with van der Waals surface area (Å²) in [5.41, 5.74) is 0.967. The van der Waals surface area contributed by atoms with Crippen molar-refractivity contribution in [1.82, 2.24) is 19.5 Å². The average Bonchev–Trinajstić information content (AvgIpc) is 2.78. The van der Waals surface area contributed by atoms with Gasteiger partial charge in [0.25, 0.3) is 0 Å². The van der Waals surface area contributed by atoms with Crippen LogP contribution in [0.4, 0.5) is 0 Å². The van der Waals surface area contributed by atoms with Gasteiger partial charge in [-0.3, -0.25) is 9.36 Å². The van der Waals surface area contributed by atoms with Gasteiger partial charge in [-0.05, 0) is 13.8 Å². The number of rotatable bonds is 5. The fourth-order valence-corrected chi connectivity index (χ4v) is 2.04. The number of hydrogen-bond donors (Lipinski definition) is 0. The van der Waals surface area contributed by atoms with E-state index in [0.29, 0.717) is 29.5 Å². The third-order valence-electron chi connectivity index (χ3n) is 2.67. The molecule has 2 heterocycles. The van der Waals surface area contributed by atoms with Crippen LogP contribution in [0, 0.1) is 0 Å². The molecule has 0 aliphatic carbocycles. The molecule has 0 saturated heterocycles. The molecule has 2 aromatic rings. The molecule has 0 saturated carbocycles. The van der Waals surface area contributed by atoms with Crippen molar-refractivity contribution in [3.8, 4) is 5.88 Å². The maximum absolute atomic E-state index is 11.7. The van der Waals surface area contributed by atoms with E-state index in [2.05, 4.69) is 15.0 Å². The Hall–Kier alpha value is -1.89. The molecule has 0 aromatic carbocycles. The Morgan fingerprint density at radius 3 is 2.85 bits per heavy atom. The Bertz CT molecular complexity index is 626. The predicted octanol–water partition coefficient (Wildman–Crippen LogP) is 1.70. The molecule has 2 rings (SSSR count). The monoisotopic (exact) mass is 298 g/mol. The van der Waals surface area contributed by atoms with E-state index in [1.165, 1.54) is 13.4 Å². The quantitative estimate of drug-likeness (QED) is 0.617. The third-order valence-corrected chi connectivity index (χ3v) is 2.86. The van der Waals surface area contributed by atoms with Crippen LogP contribution < -0.4 is 4.74 Å². The summed E-state index contributed by atoms with van der Waals surface area (Å²) in [7, 11) is 1.50. The summed E-state index contributed by atoms with van der Waals surface area (Å²) >= 11 is 6.11. The van der Waals surface area contributed by atoms with E-state index in [1.54, 1.807) is 18.4 Å². The van der Waals surface area contributed by atoms with Gasteiger partial charge in [0.05, 0.1) is 19.1 Å². The second-order valence-corrected chi connectivity index (χ2v) is 4.69. The van der Waals surface area contributed by atoms with Crippen molar-refractivity contribution < 1.29 is 14.3 Å². The van der Waals surface area contributed by atoms with Gasteiger partial charge in [-0.25, -0.2) is 9.97 Å². The molecule has 0 aliphatic rings. The summed E-state index contributed by atoms with van der Waals surface area (Å²) in [5, 5.41) is -0.386. The fraction of sp³-hybridized carbons (Fsp3) is 0.500. The Labute approximate surface area is 120 Å². The minimum Gasteiger partial charge on any atom is -0.479 e. The van der Waals surface area contributed by atoms with Crippen LogP contribution in [0.1, 0.15) is 25.0 Å². The molecule has 1 unspecified atom stereocenters. The van der Waals surface area contributed by atoms with E-state index in [9.17, 15) is 4.79 Å². The zero-order chi connectivity index (χ0) is 14.7. The van der Waals surface area contributed by atoms with Crippen LogP contribution >= 0.6 is 11.6 Å². The largest absolute Gasteiger partial charge is 0.479 e. The highest BCUT2D eigenvalue weighted by atomic mass is 35.5. The van der Waals surface area contributed by atoms with Crippen LogP contribution in [0.25, 0.3) is 11.2 Å². The van der Waals surface area contributed by atoms with Gasteiger partial charge in [0.2, 0.25) is 5.88 Å². The summed E-state index contributed by atoms with van der Waals surface area (Å²) in [5.74, 6) is 0.493. The summed E-state index contributed by atoms with van der Waals surface area (Å²) in [4.78, 5) is 24.2. The van der Waals surface area contributed by atoms with Gasteiger partial charge in [0, 0.05) is 0 Å². The molecule has 0 radical (unpaired) electrons. The number of nitrogens with zero attached hydrogens (tertiary/aromatic N) is 4.